The Bertz CT molecular complexity index is 1100. The Morgan fingerprint density at radius 3 is 2.45 bits per heavy atom. The number of aromatic nitrogens is 4. The number of esters is 1. The summed E-state index contributed by atoms with van der Waals surface area (Å²) in [4.78, 5) is 43.4. The van der Waals surface area contributed by atoms with Crippen LogP contribution in [0.5, 0.6) is 0 Å². The molecular formula is C17H27N5O6S. The monoisotopic (exact) mass is 429 g/mol. The second-order valence-electron chi connectivity index (χ2n) is 6.80. The number of nitrogens with one attached hydrogen (secondary N) is 1. The topological polar surface area (TPSA) is 136 Å². The van der Waals surface area contributed by atoms with Gasteiger partial charge in [0.2, 0.25) is 10.0 Å². The first-order valence-corrected chi connectivity index (χ1v) is 11.2. The summed E-state index contributed by atoms with van der Waals surface area (Å²) in [6.07, 6.45) is 3.28. The van der Waals surface area contributed by atoms with Crippen molar-refractivity contribution in [1.82, 2.24) is 23.4 Å². The quantitative estimate of drug-likeness (QED) is 0.526. The lowest BCUT2D eigenvalue weighted by molar-refractivity contribution is -0.145. The largest absolute Gasteiger partial charge is 0.457 e. The maximum atomic E-state index is 12.4. The molecule has 0 radical (unpaired) electrons. The normalized spacial score (nSPS) is 12.0. The molecule has 0 aromatic carbocycles. The Balaban J connectivity index is 2.39. The number of ether oxygens (including phenoxy) is 1. The van der Waals surface area contributed by atoms with E-state index < -0.39 is 33.8 Å². The smallest absolute Gasteiger partial charge is 0.330 e. The Morgan fingerprint density at radius 2 is 1.86 bits per heavy atom. The Kier molecular flexibility index (Phi) is 7.36. The number of fused-ring (bicyclic) bond motifs is 1. The van der Waals surface area contributed by atoms with Gasteiger partial charge in [-0.25, -0.2) is 18.2 Å². The van der Waals surface area contributed by atoms with E-state index in [1.807, 2.05) is 13.8 Å². The minimum absolute atomic E-state index is 0.244. The average Bonchev–Trinajstić information content (AvgIpc) is 2.98. The number of hydrogen-bond acceptors (Lipinski definition) is 7. The lowest BCUT2D eigenvalue weighted by Gasteiger charge is -2.13. The fourth-order valence-electron chi connectivity index (χ4n) is 2.81. The van der Waals surface area contributed by atoms with E-state index >= 15 is 0 Å². The average molecular weight is 429 g/mol. The number of nitrogens with zero attached hydrogens (tertiary/aromatic N) is 4. The van der Waals surface area contributed by atoms with Gasteiger partial charge in [0.1, 0.15) is 19.0 Å². The highest BCUT2D eigenvalue weighted by molar-refractivity contribution is 7.88. The number of hydrogen-bond donors (Lipinski definition) is 1. The van der Waals surface area contributed by atoms with Gasteiger partial charge in [0.25, 0.3) is 5.56 Å². The van der Waals surface area contributed by atoms with Gasteiger partial charge in [-0.2, -0.15) is 4.31 Å². The van der Waals surface area contributed by atoms with Gasteiger partial charge >= 0.3 is 11.7 Å². The molecule has 162 valence electrons. The van der Waals surface area contributed by atoms with Crippen LogP contribution in [0, 0.1) is 0 Å². The molecule has 2 aromatic heterocycles. The van der Waals surface area contributed by atoms with Gasteiger partial charge in [-0.15, -0.1) is 0 Å². The van der Waals surface area contributed by atoms with Gasteiger partial charge in [0, 0.05) is 20.1 Å². The van der Waals surface area contributed by atoms with Crippen LogP contribution in [0.1, 0.15) is 38.9 Å². The number of likely N-dealkylation sites (N-methyl/N-ethyl adjacent to an activating group) is 1. The zero-order chi connectivity index (χ0) is 21.8. The van der Waals surface area contributed by atoms with Gasteiger partial charge in [-0.1, -0.05) is 20.3 Å². The predicted octanol–water partition coefficient (Wildman–Crippen LogP) is 0.0310. The molecule has 0 aliphatic rings. The Hall–Kier alpha value is -2.47. The molecule has 12 heteroatoms. The van der Waals surface area contributed by atoms with Crippen LogP contribution in [0.25, 0.3) is 11.2 Å². The van der Waals surface area contributed by atoms with Crippen LogP contribution in [0.15, 0.2) is 9.59 Å². The molecule has 0 spiro atoms. The number of unbranched alkanes of at least 4 members (excludes halogenated alkanes) is 1. The summed E-state index contributed by atoms with van der Waals surface area (Å²) in [5, 5.41) is 0. The van der Waals surface area contributed by atoms with E-state index in [9.17, 15) is 22.8 Å². The Morgan fingerprint density at radius 1 is 1.17 bits per heavy atom. The first-order valence-electron chi connectivity index (χ1n) is 9.39. The molecule has 0 aliphatic heterocycles. The summed E-state index contributed by atoms with van der Waals surface area (Å²) in [6, 6.07) is 0. The number of imidazole rings is 1. The van der Waals surface area contributed by atoms with Gasteiger partial charge in [0.15, 0.2) is 11.2 Å². The molecule has 1 N–H and O–H groups in total. The molecule has 0 saturated carbocycles. The van der Waals surface area contributed by atoms with Crippen molar-refractivity contribution in [3.63, 3.8) is 0 Å². The summed E-state index contributed by atoms with van der Waals surface area (Å²) in [5.41, 5.74) is -0.578. The molecule has 0 saturated heterocycles. The molecule has 2 rings (SSSR count). The van der Waals surface area contributed by atoms with Gasteiger partial charge in [-0.3, -0.25) is 19.1 Å². The third kappa shape index (κ3) is 5.32. The Labute approximate surface area is 168 Å². The maximum Gasteiger partial charge on any atom is 0.330 e. The third-order valence-corrected chi connectivity index (χ3v) is 5.69. The fourth-order valence-corrected chi connectivity index (χ4v) is 3.15. The van der Waals surface area contributed by atoms with Crippen molar-refractivity contribution in [2.45, 2.75) is 52.8 Å². The summed E-state index contributed by atoms with van der Waals surface area (Å²) < 4.78 is 31.9. The molecule has 11 nitrogen and oxygen atoms in total. The van der Waals surface area contributed by atoms with Gasteiger partial charge in [-0.05, 0) is 12.8 Å². The summed E-state index contributed by atoms with van der Waals surface area (Å²) >= 11 is 0. The highest BCUT2D eigenvalue weighted by atomic mass is 32.2. The number of sulfonamides is 1. The minimum Gasteiger partial charge on any atom is -0.457 e. The summed E-state index contributed by atoms with van der Waals surface area (Å²) in [5.74, 6) is -0.427. The fraction of sp³-hybridized carbons (Fsp3) is 0.647. The number of carbonyl (C=O) groups excluding carboxylic acids is 1. The standard InChI is InChI=1S/C17H27N5O6S/c1-5-7-9-22-15-14(16(24)19-17(22)25)21(8-6-2)12(18-15)11-28-13(23)10-20(3)29(4,26)27/h5-11H2,1-4H3,(H,19,24,25). The highest BCUT2D eigenvalue weighted by Crippen LogP contribution is 2.14. The second kappa shape index (κ2) is 9.35. The van der Waals surface area contributed by atoms with Crippen LogP contribution in [0.2, 0.25) is 0 Å². The number of rotatable bonds is 10. The lowest BCUT2D eigenvalue weighted by Crippen LogP contribution is -2.32. The zero-order valence-corrected chi connectivity index (χ0v) is 17.9. The molecule has 0 amide bonds. The van der Waals surface area contributed by atoms with E-state index in [0.717, 1.165) is 23.4 Å². The maximum absolute atomic E-state index is 12.4. The molecule has 0 atom stereocenters. The van der Waals surface area contributed by atoms with E-state index in [1.165, 1.54) is 11.6 Å². The molecule has 0 aliphatic carbocycles. The van der Waals surface area contributed by atoms with Crippen LogP contribution >= 0.6 is 0 Å². The van der Waals surface area contributed by atoms with Crippen molar-refractivity contribution in [2.24, 2.45) is 0 Å². The van der Waals surface area contributed by atoms with Crippen LogP contribution < -0.4 is 11.2 Å². The summed E-state index contributed by atoms with van der Waals surface area (Å²) in [6.45, 7) is 4.08. The molecule has 0 fully saturated rings. The van der Waals surface area contributed by atoms with Crippen molar-refractivity contribution in [2.75, 3.05) is 19.8 Å². The molecule has 0 unspecified atom stereocenters. The second-order valence-corrected chi connectivity index (χ2v) is 8.89. The summed E-state index contributed by atoms with van der Waals surface area (Å²) in [7, 11) is -2.24. The number of H-pyrrole nitrogens is 1. The van der Waals surface area contributed by atoms with Crippen LogP contribution in [-0.4, -0.2) is 57.6 Å². The minimum atomic E-state index is -3.51. The van der Waals surface area contributed by atoms with Crippen LogP contribution in [-0.2, 0) is 39.3 Å². The van der Waals surface area contributed by atoms with Crippen molar-refractivity contribution < 1.29 is 17.9 Å². The first-order chi connectivity index (χ1) is 13.6. The molecule has 2 aromatic rings. The predicted molar refractivity (Wildman–Crippen MR) is 107 cm³/mol. The van der Waals surface area contributed by atoms with Crippen LogP contribution in [0.3, 0.4) is 0 Å². The van der Waals surface area contributed by atoms with Crippen molar-refractivity contribution in [3.8, 4) is 0 Å². The van der Waals surface area contributed by atoms with Gasteiger partial charge < -0.3 is 9.30 Å². The van der Waals surface area contributed by atoms with Crippen molar-refractivity contribution in [3.05, 3.63) is 26.7 Å². The number of aromatic amines is 1. The van der Waals surface area contributed by atoms with E-state index in [0.29, 0.717) is 25.3 Å². The van der Waals surface area contributed by atoms with Crippen molar-refractivity contribution >= 4 is 27.2 Å². The van der Waals surface area contributed by atoms with Crippen LogP contribution in [0.4, 0.5) is 0 Å². The zero-order valence-electron chi connectivity index (χ0n) is 17.1. The van der Waals surface area contributed by atoms with E-state index in [-0.39, 0.29) is 17.8 Å². The number of aryl methyl sites for hydroxylation is 2. The SMILES string of the molecule is CCCCn1c(=O)[nH]c(=O)c2c1nc(COC(=O)CN(C)S(C)(=O)=O)n2CCC. The van der Waals surface area contributed by atoms with E-state index in [2.05, 4.69) is 9.97 Å². The van der Waals surface area contributed by atoms with Gasteiger partial charge in [0.05, 0.1) is 6.26 Å². The third-order valence-electron chi connectivity index (χ3n) is 4.43. The first kappa shape index (κ1) is 22.8. The van der Waals surface area contributed by atoms with Crippen molar-refractivity contribution in [1.29, 1.82) is 0 Å². The lowest BCUT2D eigenvalue weighted by atomic mass is 10.3. The van der Waals surface area contributed by atoms with E-state index in [4.69, 9.17) is 4.74 Å². The molecule has 0 bridgehead atoms. The highest BCUT2D eigenvalue weighted by Gasteiger charge is 2.20. The van der Waals surface area contributed by atoms with E-state index in [1.54, 1.807) is 4.57 Å². The molecule has 29 heavy (non-hydrogen) atoms. The molecule has 2 heterocycles. The number of carbonyl (C=O) groups is 1. The molecular weight excluding hydrogens is 402 g/mol.